The molecule has 2 aromatic heterocycles. The topological polar surface area (TPSA) is 82.8 Å². The van der Waals surface area contributed by atoms with Gasteiger partial charge in [-0.25, -0.2) is 14.2 Å². The minimum absolute atomic E-state index is 0.263. The van der Waals surface area contributed by atoms with Crippen molar-refractivity contribution in [3.05, 3.63) is 47.9 Å². The van der Waals surface area contributed by atoms with Gasteiger partial charge in [0, 0.05) is 26.4 Å². The number of nitrogens with zero attached hydrogens (tertiary/aromatic N) is 1. The van der Waals surface area contributed by atoms with Crippen LogP contribution in [0.5, 0.6) is 0 Å². The summed E-state index contributed by atoms with van der Waals surface area (Å²) in [7, 11) is 1.29. The number of anilines is 1. The number of methoxy groups -OCH3 is 1. The molecule has 0 bridgehead atoms. The number of benzene rings is 2. The van der Waals surface area contributed by atoms with Crippen LogP contribution in [0.3, 0.4) is 0 Å². The van der Waals surface area contributed by atoms with E-state index in [-0.39, 0.29) is 5.82 Å². The SMILES string of the molecule is COC(=O)Nc1nc2ccc(Sc3c(C)[nH]c4ccc(F)cc34)cc2[nH]1. The average molecular weight is 370 g/mol. The Bertz CT molecular complexity index is 1140. The van der Waals surface area contributed by atoms with Crippen molar-refractivity contribution < 1.29 is 13.9 Å². The molecule has 4 aromatic rings. The van der Waals surface area contributed by atoms with Crippen LogP contribution in [0.25, 0.3) is 21.9 Å². The summed E-state index contributed by atoms with van der Waals surface area (Å²) in [4.78, 5) is 23.8. The number of aromatic nitrogens is 3. The van der Waals surface area contributed by atoms with Gasteiger partial charge in [0.05, 0.1) is 18.1 Å². The molecule has 2 aromatic carbocycles. The van der Waals surface area contributed by atoms with Gasteiger partial charge in [-0.2, -0.15) is 0 Å². The second kappa shape index (κ2) is 6.38. The van der Waals surface area contributed by atoms with Gasteiger partial charge < -0.3 is 14.7 Å². The van der Waals surface area contributed by atoms with Crippen LogP contribution in [-0.2, 0) is 4.74 Å². The Hall–Kier alpha value is -3.00. The number of rotatable bonds is 3. The molecule has 6 nitrogen and oxygen atoms in total. The Morgan fingerprint density at radius 3 is 2.85 bits per heavy atom. The van der Waals surface area contributed by atoms with Crippen LogP contribution in [0, 0.1) is 12.7 Å². The maximum absolute atomic E-state index is 13.6. The number of nitrogens with one attached hydrogen (secondary N) is 3. The highest BCUT2D eigenvalue weighted by Gasteiger charge is 2.12. The number of carbonyl (C=O) groups is 1. The van der Waals surface area contributed by atoms with Gasteiger partial charge in [0.1, 0.15) is 5.82 Å². The molecule has 0 radical (unpaired) electrons. The molecule has 8 heteroatoms. The van der Waals surface area contributed by atoms with Gasteiger partial charge in [-0.15, -0.1) is 0 Å². The Labute approximate surface area is 152 Å². The van der Waals surface area contributed by atoms with Crippen LogP contribution in [0.4, 0.5) is 15.1 Å². The minimum atomic E-state index is -0.588. The van der Waals surface area contributed by atoms with Crippen molar-refractivity contribution in [1.29, 1.82) is 0 Å². The molecule has 2 heterocycles. The number of aryl methyl sites for hydroxylation is 1. The first-order chi connectivity index (χ1) is 12.5. The standard InChI is InChI=1S/C18H15FN4O2S/c1-9-16(12-7-10(19)3-5-13(12)20-9)26-11-4-6-14-15(8-11)22-17(21-14)23-18(24)25-2/h3-8,20H,1-2H3,(H2,21,22,23,24). The summed E-state index contributed by atoms with van der Waals surface area (Å²) in [5.41, 5.74) is 3.39. The Morgan fingerprint density at radius 2 is 2.04 bits per heavy atom. The van der Waals surface area contributed by atoms with Gasteiger partial charge in [-0.05, 0) is 43.3 Å². The van der Waals surface area contributed by atoms with E-state index in [2.05, 4.69) is 25.0 Å². The number of hydrogen-bond acceptors (Lipinski definition) is 4. The van der Waals surface area contributed by atoms with Crippen molar-refractivity contribution in [2.45, 2.75) is 16.7 Å². The van der Waals surface area contributed by atoms with E-state index in [4.69, 9.17) is 0 Å². The van der Waals surface area contributed by atoms with Crippen molar-refractivity contribution in [2.75, 3.05) is 12.4 Å². The third kappa shape index (κ3) is 2.99. The maximum atomic E-state index is 13.6. The molecule has 0 fully saturated rings. The van der Waals surface area contributed by atoms with Crippen LogP contribution >= 0.6 is 11.8 Å². The zero-order valence-corrected chi connectivity index (χ0v) is 14.8. The number of fused-ring (bicyclic) bond motifs is 2. The summed E-state index contributed by atoms with van der Waals surface area (Å²) >= 11 is 1.54. The van der Waals surface area contributed by atoms with E-state index in [0.29, 0.717) is 5.95 Å². The number of aromatic amines is 2. The lowest BCUT2D eigenvalue weighted by Crippen LogP contribution is -2.11. The largest absolute Gasteiger partial charge is 0.453 e. The molecule has 0 spiro atoms. The van der Waals surface area contributed by atoms with Gasteiger partial charge in [0.15, 0.2) is 0 Å². The van der Waals surface area contributed by atoms with E-state index in [1.54, 1.807) is 17.8 Å². The van der Waals surface area contributed by atoms with Gasteiger partial charge in [-0.1, -0.05) is 11.8 Å². The molecule has 132 valence electrons. The van der Waals surface area contributed by atoms with E-state index in [0.717, 1.165) is 37.4 Å². The highest BCUT2D eigenvalue weighted by Crippen LogP contribution is 2.37. The van der Waals surface area contributed by atoms with Crippen molar-refractivity contribution in [3.63, 3.8) is 0 Å². The molecular formula is C18H15FN4O2S. The first-order valence-electron chi connectivity index (χ1n) is 7.84. The van der Waals surface area contributed by atoms with E-state index >= 15 is 0 Å². The van der Waals surface area contributed by atoms with Gasteiger partial charge in [-0.3, -0.25) is 5.32 Å². The van der Waals surface area contributed by atoms with Crippen molar-refractivity contribution in [1.82, 2.24) is 15.0 Å². The lowest BCUT2D eigenvalue weighted by Gasteiger charge is -2.02. The third-order valence-electron chi connectivity index (χ3n) is 3.97. The molecule has 26 heavy (non-hydrogen) atoms. The Kier molecular flexibility index (Phi) is 4.04. The van der Waals surface area contributed by atoms with Gasteiger partial charge >= 0.3 is 6.09 Å². The molecule has 3 N–H and O–H groups in total. The Balaban J connectivity index is 1.68. The number of amides is 1. The summed E-state index contributed by atoms with van der Waals surface area (Å²) < 4.78 is 18.2. The molecule has 0 aliphatic heterocycles. The van der Waals surface area contributed by atoms with E-state index in [9.17, 15) is 9.18 Å². The predicted octanol–water partition coefficient (Wildman–Crippen LogP) is 4.82. The summed E-state index contributed by atoms with van der Waals surface area (Å²) in [6.07, 6.45) is -0.588. The smallest absolute Gasteiger partial charge is 0.413 e. The lowest BCUT2D eigenvalue weighted by atomic mass is 10.2. The molecule has 1 amide bonds. The Morgan fingerprint density at radius 1 is 1.19 bits per heavy atom. The predicted molar refractivity (Wildman–Crippen MR) is 99.2 cm³/mol. The summed E-state index contributed by atoms with van der Waals surface area (Å²) in [5.74, 6) is 0.0558. The fraction of sp³-hybridized carbons (Fsp3) is 0.111. The first-order valence-corrected chi connectivity index (χ1v) is 8.65. The quantitative estimate of drug-likeness (QED) is 0.483. The normalized spacial score (nSPS) is 11.2. The number of halogens is 1. The van der Waals surface area contributed by atoms with Crippen molar-refractivity contribution in [3.8, 4) is 0 Å². The summed E-state index contributed by atoms with van der Waals surface area (Å²) in [5, 5.41) is 3.36. The average Bonchev–Trinajstić information content (AvgIpc) is 3.15. The highest BCUT2D eigenvalue weighted by atomic mass is 32.2. The van der Waals surface area contributed by atoms with Crippen molar-refractivity contribution >= 4 is 45.7 Å². The molecule has 0 atom stereocenters. The number of H-pyrrole nitrogens is 2. The minimum Gasteiger partial charge on any atom is -0.453 e. The van der Waals surface area contributed by atoms with Crippen LogP contribution in [0.1, 0.15) is 5.69 Å². The molecule has 4 rings (SSSR count). The van der Waals surface area contributed by atoms with Gasteiger partial charge in [0.2, 0.25) is 5.95 Å². The molecule has 0 saturated carbocycles. The molecular weight excluding hydrogens is 355 g/mol. The van der Waals surface area contributed by atoms with Crippen LogP contribution < -0.4 is 5.32 Å². The molecule has 0 unspecified atom stereocenters. The first kappa shape index (κ1) is 16.5. The fourth-order valence-corrected chi connectivity index (χ4v) is 3.81. The van der Waals surface area contributed by atoms with Crippen LogP contribution in [0.15, 0.2) is 46.2 Å². The van der Waals surface area contributed by atoms with Crippen LogP contribution in [-0.4, -0.2) is 28.2 Å². The van der Waals surface area contributed by atoms with E-state index < -0.39 is 6.09 Å². The zero-order valence-electron chi connectivity index (χ0n) is 14.0. The monoisotopic (exact) mass is 370 g/mol. The molecule has 0 saturated heterocycles. The summed E-state index contributed by atoms with van der Waals surface area (Å²) in [6.45, 7) is 1.97. The zero-order chi connectivity index (χ0) is 18.3. The number of hydrogen-bond donors (Lipinski definition) is 3. The maximum Gasteiger partial charge on any atom is 0.413 e. The fourth-order valence-electron chi connectivity index (χ4n) is 2.78. The molecule has 0 aliphatic carbocycles. The van der Waals surface area contributed by atoms with Crippen molar-refractivity contribution in [2.24, 2.45) is 0 Å². The van der Waals surface area contributed by atoms with E-state index in [1.165, 1.54) is 19.2 Å². The number of imidazole rings is 1. The third-order valence-corrected chi connectivity index (χ3v) is 5.19. The second-order valence-electron chi connectivity index (χ2n) is 5.75. The van der Waals surface area contributed by atoms with Crippen LogP contribution in [0.2, 0.25) is 0 Å². The lowest BCUT2D eigenvalue weighted by molar-refractivity contribution is 0.186. The van der Waals surface area contributed by atoms with E-state index in [1.807, 2.05) is 25.1 Å². The second-order valence-corrected chi connectivity index (χ2v) is 6.84. The number of carbonyl (C=O) groups excluding carboxylic acids is 1. The molecule has 0 aliphatic rings. The summed E-state index contributed by atoms with van der Waals surface area (Å²) in [6, 6.07) is 10.5. The highest BCUT2D eigenvalue weighted by molar-refractivity contribution is 7.99. The number of ether oxygens (including phenoxy) is 1. The van der Waals surface area contributed by atoms with Gasteiger partial charge in [0.25, 0.3) is 0 Å².